The molecule has 13 heteroatoms. The highest BCUT2D eigenvalue weighted by atomic mass is 32.2. The summed E-state index contributed by atoms with van der Waals surface area (Å²) < 4.78 is 69.8. The average Bonchev–Trinajstić information content (AvgIpc) is 3.06. The van der Waals surface area contributed by atoms with Crippen molar-refractivity contribution < 1.29 is 36.2 Å². The largest absolute Gasteiger partial charge is 0.490 e. The van der Waals surface area contributed by atoms with E-state index >= 15 is 0 Å². The Morgan fingerprint density at radius 1 is 0.939 bits per heavy atom. The second-order valence-electron chi connectivity index (χ2n) is 13.0. The number of amides is 1. The number of anilines is 1. The Morgan fingerprint density at radius 3 is 2.16 bits per heavy atom. The number of ether oxygens (including phenoxy) is 2. The van der Waals surface area contributed by atoms with Gasteiger partial charge in [0.25, 0.3) is 15.9 Å². The number of sulfonamides is 2. The van der Waals surface area contributed by atoms with E-state index in [0.717, 1.165) is 17.5 Å². The quantitative estimate of drug-likeness (QED) is 0.307. The maximum atomic E-state index is 14.4. The van der Waals surface area contributed by atoms with Gasteiger partial charge in [0.15, 0.2) is 0 Å². The first kappa shape index (κ1) is 38.3. The van der Waals surface area contributed by atoms with Crippen LogP contribution in [0, 0.1) is 19.8 Å². The molecule has 0 fully saturated rings. The summed E-state index contributed by atoms with van der Waals surface area (Å²) in [4.78, 5) is 16.2. The predicted octanol–water partition coefficient (Wildman–Crippen LogP) is 5.22. The molecule has 2 N–H and O–H groups in total. The summed E-state index contributed by atoms with van der Waals surface area (Å²) in [6.45, 7) is 9.49. The van der Waals surface area contributed by atoms with E-state index in [2.05, 4.69) is 4.72 Å². The van der Waals surface area contributed by atoms with E-state index < -0.39 is 38.1 Å². The molecule has 3 aromatic carbocycles. The lowest BCUT2D eigenvalue weighted by Crippen LogP contribution is -2.48. The second kappa shape index (κ2) is 16.5. The number of nitrogens with one attached hydrogen (secondary N) is 1. The van der Waals surface area contributed by atoms with E-state index in [-0.39, 0.29) is 52.8 Å². The first-order valence-electron chi connectivity index (χ1n) is 16.6. The molecule has 11 nitrogen and oxygen atoms in total. The second-order valence-corrected chi connectivity index (χ2v) is 16.8. The third-order valence-corrected chi connectivity index (χ3v) is 12.0. The number of aliphatic hydroxyl groups is 1. The number of aryl methyl sites for hydroxylation is 2. The van der Waals surface area contributed by atoms with Crippen LogP contribution in [0.4, 0.5) is 5.69 Å². The van der Waals surface area contributed by atoms with Crippen molar-refractivity contribution in [2.75, 3.05) is 38.1 Å². The molecule has 4 rings (SSSR count). The Bertz CT molecular complexity index is 1780. The smallest absolute Gasteiger partial charge is 0.261 e. The van der Waals surface area contributed by atoms with Crippen molar-refractivity contribution >= 4 is 31.6 Å². The summed E-state index contributed by atoms with van der Waals surface area (Å²) in [5.41, 5.74) is 2.18. The number of rotatable bonds is 9. The molecule has 1 aliphatic rings. The summed E-state index contributed by atoms with van der Waals surface area (Å²) >= 11 is 0. The van der Waals surface area contributed by atoms with Gasteiger partial charge in [0, 0.05) is 38.3 Å². The number of carbonyl (C=O) groups is 1. The molecular formula is C36H49N3O8S2. The lowest BCUT2D eigenvalue weighted by Gasteiger charge is -2.35. The number of hydrogen-bond acceptors (Lipinski definition) is 8. The van der Waals surface area contributed by atoms with Crippen molar-refractivity contribution in [3.05, 3.63) is 83.4 Å². The molecule has 0 spiro atoms. The van der Waals surface area contributed by atoms with Crippen LogP contribution in [0.1, 0.15) is 61.5 Å². The third kappa shape index (κ3) is 9.82. The highest BCUT2D eigenvalue weighted by molar-refractivity contribution is 7.92. The van der Waals surface area contributed by atoms with Crippen LogP contribution in [0.5, 0.6) is 5.75 Å². The molecule has 1 heterocycles. The van der Waals surface area contributed by atoms with Gasteiger partial charge in [0.2, 0.25) is 10.0 Å². The summed E-state index contributed by atoms with van der Waals surface area (Å²) in [6.07, 6.45) is 1.31. The first-order valence-corrected chi connectivity index (χ1v) is 19.5. The SMILES string of the molecule is Cc1ccc(S(=O)(=O)Nc2ccc3c(c2)C(=O)N([C@@H](C)CO)C[C@@H](C)[C@@H](CN(C)S(=O)(=O)c2ccc(C)cc2)OCCCC[C@H](C)O3)cc1. The van der Waals surface area contributed by atoms with Gasteiger partial charge >= 0.3 is 0 Å². The molecule has 268 valence electrons. The van der Waals surface area contributed by atoms with E-state index in [9.17, 15) is 26.7 Å². The van der Waals surface area contributed by atoms with Crippen molar-refractivity contribution in [1.29, 1.82) is 0 Å². The molecule has 0 saturated carbocycles. The highest BCUT2D eigenvalue weighted by Gasteiger charge is 2.32. The van der Waals surface area contributed by atoms with Gasteiger partial charge in [0.1, 0.15) is 5.75 Å². The number of hydrogen-bond donors (Lipinski definition) is 2. The number of carbonyl (C=O) groups excluding carboxylic acids is 1. The number of aliphatic hydroxyl groups excluding tert-OH is 1. The van der Waals surface area contributed by atoms with Crippen LogP contribution in [-0.2, 0) is 24.8 Å². The van der Waals surface area contributed by atoms with Gasteiger partial charge in [-0.25, -0.2) is 16.8 Å². The Balaban J connectivity index is 1.67. The molecule has 0 bridgehead atoms. The highest BCUT2D eigenvalue weighted by Crippen LogP contribution is 2.30. The number of likely N-dealkylation sites (N-methyl/N-ethyl adjacent to an activating group) is 1. The zero-order chi connectivity index (χ0) is 35.9. The molecule has 49 heavy (non-hydrogen) atoms. The number of nitrogens with zero attached hydrogens (tertiary/aromatic N) is 2. The molecular weight excluding hydrogens is 667 g/mol. The van der Waals surface area contributed by atoms with Gasteiger partial charge in [-0.2, -0.15) is 4.31 Å². The van der Waals surface area contributed by atoms with Crippen LogP contribution < -0.4 is 9.46 Å². The summed E-state index contributed by atoms with van der Waals surface area (Å²) in [6, 6.07) is 17.1. The summed E-state index contributed by atoms with van der Waals surface area (Å²) in [5, 5.41) is 10.2. The zero-order valence-corrected chi connectivity index (χ0v) is 30.8. The van der Waals surface area contributed by atoms with Gasteiger partial charge in [-0.05, 0) is 89.4 Å². The fraction of sp³-hybridized carbons (Fsp3) is 0.472. The van der Waals surface area contributed by atoms with Crippen molar-refractivity contribution in [2.45, 2.75) is 81.9 Å². The van der Waals surface area contributed by atoms with E-state index in [1.807, 2.05) is 27.7 Å². The van der Waals surface area contributed by atoms with Crippen LogP contribution in [0.2, 0.25) is 0 Å². The van der Waals surface area contributed by atoms with Crippen molar-refractivity contribution in [1.82, 2.24) is 9.21 Å². The summed E-state index contributed by atoms with van der Waals surface area (Å²) in [5.74, 6) is -0.529. The van der Waals surface area contributed by atoms with Crippen LogP contribution in [0.3, 0.4) is 0 Å². The van der Waals surface area contributed by atoms with E-state index in [4.69, 9.17) is 9.47 Å². The predicted molar refractivity (Wildman–Crippen MR) is 190 cm³/mol. The van der Waals surface area contributed by atoms with Gasteiger partial charge in [-0.1, -0.05) is 42.3 Å². The van der Waals surface area contributed by atoms with Crippen LogP contribution in [0.25, 0.3) is 0 Å². The van der Waals surface area contributed by atoms with E-state index in [1.54, 1.807) is 55.5 Å². The Labute approximate surface area is 291 Å². The molecule has 4 atom stereocenters. The lowest BCUT2D eigenvalue weighted by atomic mass is 10.0. The van der Waals surface area contributed by atoms with Crippen LogP contribution in [-0.4, -0.2) is 88.7 Å². The molecule has 0 saturated heterocycles. The normalized spacial score (nSPS) is 20.6. The third-order valence-electron chi connectivity index (χ3n) is 8.80. The minimum absolute atomic E-state index is 0.0496. The average molecular weight is 716 g/mol. The summed E-state index contributed by atoms with van der Waals surface area (Å²) in [7, 11) is -6.25. The molecule has 0 aromatic heterocycles. The first-order chi connectivity index (χ1) is 23.1. The van der Waals surface area contributed by atoms with Gasteiger partial charge in [-0.3, -0.25) is 9.52 Å². The van der Waals surface area contributed by atoms with E-state index in [0.29, 0.717) is 25.2 Å². The maximum Gasteiger partial charge on any atom is 0.261 e. The Morgan fingerprint density at radius 2 is 1.55 bits per heavy atom. The Hall–Kier alpha value is -3.49. The van der Waals surface area contributed by atoms with Gasteiger partial charge in [0.05, 0.1) is 40.2 Å². The van der Waals surface area contributed by atoms with Crippen LogP contribution in [0.15, 0.2) is 76.5 Å². The fourth-order valence-corrected chi connectivity index (χ4v) is 7.85. The minimum Gasteiger partial charge on any atom is -0.490 e. The fourth-order valence-electron chi connectivity index (χ4n) is 5.62. The van der Waals surface area contributed by atoms with Crippen molar-refractivity contribution in [2.24, 2.45) is 5.92 Å². The number of fused-ring (bicyclic) bond motifs is 1. The van der Waals surface area contributed by atoms with Crippen LogP contribution >= 0.6 is 0 Å². The van der Waals surface area contributed by atoms with Gasteiger partial charge in [-0.15, -0.1) is 0 Å². The van der Waals surface area contributed by atoms with E-state index in [1.165, 1.54) is 34.5 Å². The molecule has 1 aliphatic heterocycles. The maximum absolute atomic E-state index is 14.4. The van der Waals surface area contributed by atoms with Crippen molar-refractivity contribution in [3.8, 4) is 5.75 Å². The lowest BCUT2D eigenvalue weighted by molar-refractivity contribution is -0.00833. The molecule has 0 unspecified atom stereocenters. The topological polar surface area (TPSA) is 143 Å². The standard InChI is InChI=1S/C36H49N3O8S2/c1-25-10-15-31(16-11-25)48(42,43)37-30-14-19-34-33(21-30)36(41)39(28(4)24-40)22-27(3)35(46-20-8-7-9-29(5)47-34)23-38(6)49(44,45)32-17-12-26(2)13-18-32/h10-19,21,27-29,35,37,40H,7-9,20,22-24H2,1-6H3/t27-,28+,29+,35-/m1/s1. The zero-order valence-electron chi connectivity index (χ0n) is 29.1. The molecule has 0 aliphatic carbocycles. The molecule has 3 aromatic rings. The van der Waals surface area contributed by atoms with Crippen molar-refractivity contribution in [3.63, 3.8) is 0 Å². The molecule has 1 amide bonds. The van der Waals surface area contributed by atoms with Gasteiger partial charge < -0.3 is 19.5 Å². The monoisotopic (exact) mass is 715 g/mol. The molecule has 0 radical (unpaired) electrons. The Kier molecular flexibility index (Phi) is 12.9. The minimum atomic E-state index is -3.96. The number of benzene rings is 3.